The molecule has 1 rings (SSSR count). The van der Waals surface area contributed by atoms with E-state index in [1.54, 1.807) is 13.3 Å². The monoisotopic (exact) mass is 205 g/mol. The van der Waals surface area contributed by atoms with Crippen molar-refractivity contribution in [1.82, 2.24) is 10.3 Å². The molecule has 0 bridgehead atoms. The smallest absolute Gasteiger partial charge is 0.213 e. The molecule has 0 radical (unpaired) electrons. The average molecular weight is 205 g/mol. The fourth-order valence-electron chi connectivity index (χ4n) is 1.15. The van der Waals surface area contributed by atoms with Crippen molar-refractivity contribution in [1.29, 1.82) is 5.26 Å². The Labute approximate surface area is 89.9 Å². The molecule has 0 amide bonds. The Hall–Kier alpha value is -1.60. The van der Waals surface area contributed by atoms with Crippen molar-refractivity contribution in [2.24, 2.45) is 5.92 Å². The number of pyridine rings is 1. The van der Waals surface area contributed by atoms with Gasteiger partial charge in [0.05, 0.1) is 19.1 Å². The molecule has 0 spiro atoms. The molecule has 0 aliphatic rings. The Kier molecular flexibility index (Phi) is 4.58. The molecule has 1 aromatic heterocycles. The summed E-state index contributed by atoms with van der Waals surface area (Å²) in [4.78, 5) is 4.01. The first-order valence-electron chi connectivity index (χ1n) is 4.85. The molecule has 1 aromatic rings. The van der Waals surface area contributed by atoms with E-state index >= 15 is 0 Å². The molecular weight excluding hydrogens is 190 g/mol. The van der Waals surface area contributed by atoms with Gasteiger partial charge >= 0.3 is 0 Å². The number of ether oxygens (including phenoxy) is 1. The van der Waals surface area contributed by atoms with Gasteiger partial charge in [-0.2, -0.15) is 5.26 Å². The summed E-state index contributed by atoms with van der Waals surface area (Å²) in [5, 5.41) is 11.8. The van der Waals surface area contributed by atoms with Crippen molar-refractivity contribution < 1.29 is 4.74 Å². The highest BCUT2D eigenvalue weighted by Crippen LogP contribution is 2.07. The summed E-state index contributed by atoms with van der Waals surface area (Å²) in [6.07, 6.45) is 1.71. The molecule has 15 heavy (non-hydrogen) atoms. The molecule has 0 saturated heterocycles. The second-order valence-electron chi connectivity index (χ2n) is 3.37. The van der Waals surface area contributed by atoms with Gasteiger partial charge in [-0.15, -0.1) is 0 Å². The number of aromatic nitrogens is 1. The quantitative estimate of drug-likeness (QED) is 0.788. The Balaban J connectivity index is 2.41. The van der Waals surface area contributed by atoms with Gasteiger partial charge in [-0.25, -0.2) is 4.98 Å². The van der Waals surface area contributed by atoms with Gasteiger partial charge in [0.25, 0.3) is 0 Å². The van der Waals surface area contributed by atoms with E-state index in [-0.39, 0.29) is 5.92 Å². The van der Waals surface area contributed by atoms with Crippen molar-refractivity contribution in [2.75, 3.05) is 13.7 Å². The van der Waals surface area contributed by atoms with Gasteiger partial charge in [0.15, 0.2) is 0 Å². The molecule has 1 heterocycles. The molecular formula is C11H15N3O. The Morgan fingerprint density at radius 1 is 1.67 bits per heavy atom. The van der Waals surface area contributed by atoms with Gasteiger partial charge in [0.1, 0.15) is 0 Å². The summed E-state index contributed by atoms with van der Waals surface area (Å²) in [7, 11) is 1.59. The van der Waals surface area contributed by atoms with Crippen molar-refractivity contribution in [3.05, 3.63) is 23.9 Å². The molecule has 1 unspecified atom stereocenters. The van der Waals surface area contributed by atoms with Crippen LogP contribution in [0.25, 0.3) is 0 Å². The molecule has 0 saturated carbocycles. The van der Waals surface area contributed by atoms with E-state index in [2.05, 4.69) is 16.4 Å². The standard InChI is InChI=1S/C11H15N3O/c1-9(6-12)7-13-8-10-3-4-14-11(5-10)15-2/h3-5,9,13H,7-8H2,1-2H3. The number of nitriles is 1. The highest BCUT2D eigenvalue weighted by Gasteiger charge is 1.99. The second-order valence-corrected chi connectivity index (χ2v) is 3.37. The van der Waals surface area contributed by atoms with Crippen LogP contribution in [0.5, 0.6) is 5.88 Å². The van der Waals surface area contributed by atoms with Gasteiger partial charge in [-0.05, 0) is 18.6 Å². The zero-order chi connectivity index (χ0) is 11.1. The molecule has 0 aliphatic heterocycles. The van der Waals surface area contributed by atoms with Crippen LogP contribution in [0.3, 0.4) is 0 Å². The third-order valence-corrected chi connectivity index (χ3v) is 2.01. The lowest BCUT2D eigenvalue weighted by Crippen LogP contribution is -2.19. The van der Waals surface area contributed by atoms with E-state index in [1.165, 1.54) is 0 Å². The van der Waals surface area contributed by atoms with Crippen molar-refractivity contribution in [3.8, 4) is 11.9 Å². The van der Waals surface area contributed by atoms with E-state index in [9.17, 15) is 0 Å². The maximum atomic E-state index is 8.59. The Morgan fingerprint density at radius 3 is 3.13 bits per heavy atom. The van der Waals surface area contributed by atoms with E-state index < -0.39 is 0 Å². The van der Waals surface area contributed by atoms with Crippen LogP contribution in [0.15, 0.2) is 18.3 Å². The van der Waals surface area contributed by atoms with Gasteiger partial charge < -0.3 is 10.1 Å². The van der Waals surface area contributed by atoms with E-state index in [1.807, 2.05) is 19.1 Å². The SMILES string of the molecule is COc1cc(CNCC(C)C#N)ccn1. The van der Waals surface area contributed by atoms with E-state index in [4.69, 9.17) is 10.00 Å². The summed E-state index contributed by atoms with van der Waals surface area (Å²) in [6, 6.07) is 5.98. The maximum Gasteiger partial charge on any atom is 0.213 e. The topological polar surface area (TPSA) is 57.9 Å². The maximum absolute atomic E-state index is 8.59. The molecule has 80 valence electrons. The van der Waals surface area contributed by atoms with Crippen LogP contribution < -0.4 is 10.1 Å². The fraction of sp³-hybridized carbons (Fsp3) is 0.455. The van der Waals surface area contributed by atoms with Crippen LogP contribution in [0.4, 0.5) is 0 Å². The minimum absolute atomic E-state index is 0.0359. The van der Waals surface area contributed by atoms with Crippen molar-refractivity contribution in [2.45, 2.75) is 13.5 Å². The Morgan fingerprint density at radius 2 is 2.47 bits per heavy atom. The van der Waals surface area contributed by atoms with Crippen molar-refractivity contribution >= 4 is 0 Å². The molecule has 0 aromatic carbocycles. The summed E-state index contributed by atoms with van der Waals surface area (Å²) in [5.41, 5.74) is 1.10. The summed E-state index contributed by atoms with van der Waals surface area (Å²) in [5.74, 6) is 0.649. The number of methoxy groups -OCH3 is 1. The van der Waals surface area contributed by atoms with Crippen molar-refractivity contribution in [3.63, 3.8) is 0 Å². The average Bonchev–Trinajstić information content (AvgIpc) is 2.29. The van der Waals surface area contributed by atoms with Gasteiger partial charge in [-0.1, -0.05) is 0 Å². The predicted molar refractivity (Wildman–Crippen MR) is 57.3 cm³/mol. The first kappa shape index (κ1) is 11.5. The van der Waals surface area contributed by atoms with Gasteiger partial charge in [0, 0.05) is 25.4 Å². The van der Waals surface area contributed by atoms with E-state index in [0.29, 0.717) is 12.4 Å². The van der Waals surface area contributed by atoms with Crippen LogP contribution in [-0.4, -0.2) is 18.6 Å². The number of hydrogen-bond acceptors (Lipinski definition) is 4. The minimum atomic E-state index is 0.0359. The van der Waals surface area contributed by atoms with Crippen LogP contribution in [0, 0.1) is 17.2 Å². The molecule has 0 aliphatic carbocycles. The number of nitrogens with one attached hydrogen (secondary N) is 1. The van der Waals surface area contributed by atoms with Crippen LogP contribution in [-0.2, 0) is 6.54 Å². The van der Waals surface area contributed by atoms with Gasteiger partial charge in [-0.3, -0.25) is 0 Å². The summed E-state index contributed by atoms with van der Waals surface area (Å²) >= 11 is 0. The number of hydrogen-bond donors (Lipinski definition) is 1. The zero-order valence-corrected chi connectivity index (χ0v) is 9.03. The first-order chi connectivity index (χ1) is 7.26. The highest BCUT2D eigenvalue weighted by atomic mass is 16.5. The fourth-order valence-corrected chi connectivity index (χ4v) is 1.15. The summed E-state index contributed by atoms with van der Waals surface area (Å²) in [6.45, 7) is 3.31. The highest BCUT2D eigenvalue weighted by molar-refractivity contribution is 5.20. The molecule has 4 heteroatoms. The largest absolute Gasteiger partial charge is 0.481 e. The zero-order valence-electron chi connectivity index (χ0n) is 9.03. The molecule has 1 N–H and O–H groups in total. The normalized spacial score (nSPS) is 11.8. The summed E-state index contributed by atoms with van der Waals surface area (Å²) < 4.78 is 5.01. The molecule has 4 nitrogen and oxygen atoms in total. The number of rotatable bonds is 5. The molecule has 0 fully saturated rings. The third-order valence-electron chi connectivity index (χ3n) is 2.01. The predicted octanol–water partition coefficient (Wildman–Crippen LogP) is 1.34. The van der Waals surface area contributed by atoms with Crippen LogP contribution >= 0.6 is 0 Å². The minimum Gasteiger partial charge on any atom is -0.481 e. The van der Waals surface area contributed by atoms with Crippen LogP contribution in [0.1, 0.15) is 12.5 Å². The van der Waals surface area contributed by atoms with E-state index in [0.717, 1.165) is 12.1 Å². The number of nitrogens with zero attached hydrogens (tertiary/aromatic N) is 2. The third kappa shape index (κ3) is 3.96. The van der Waals surface area contributed by atoms with Gasteiger partial charge in [0.2, 0.25) is 5.88 Å². The van der Waals surface area contributed by atoms with Crippen LogP contribution in [0.2, 0.25) is 0 Å². The second kappa shape index (κ2) is 5.99. The Bertz CT molecular complexity index is 346. The lowest BCUT2D eigenvalue weighted by molar-refractivity contribution is 0.397. The molecule has 1 atom stereocenters. The lowest BCUT2D eigenvalue weighted by Gasteiger charge is -2.06. The first-order valence-corrected chi connectivity index (χ1v) is 4.85. The lowest BCUT2D eigenvalue weighted by atomic mass is 10.2.